The van der Waals surface area contributed by atoms with Crippen molar-refractivity contribution >= 4 is 0 Å². The molecular formula is C12H18FNO. The molecule has 0 amide bonds. The fourth-order valence-corrected chi connectivity index (χ4v) is 1.48. The summed E-state index contributed by atoms with van der Waals surface area (Å²) in [5.41, 5.74) is 0.766. The van der Waals surface area contributed by atoms with Gasteiger partial charge in [-0.25, -0.2) is 4.39 Å². The Morgan fingerprint density at radius 3 is 2.80 bits per heavy atom. The number of hydrogen-bond acceptors (Lipinski definition) is 2. The average molecular weight is 211 g/mol. The lowest BCUT2D eigenvalue weighted by Crippen LogP contribution is -2.24. The predicted molar refractivity (Wildman–Crippen MR) is 59.6 cm³/mol. The van der Waals surface area contributed by atoms with Gasteiger partial charge in [-0.1, -0.05) is 25.1 Å². The zero-order valence-electron chi connectivity index (χ0n) is 9.29. The predicted octanol–water partition coefficient (Wildman–Crippen LogP) is 2.17. The van der Waals surface area contributed by atoms with Crippen molar-refractivity contribution in [3.05, 3.63) is 35.6 Å². The highest BCUT2D eigenvalue weighted by atomic mass is 19.1. The second-order valence-electron chi connectivity index (χ2n) is 3.62. The lowest BCUT2D eigenvalue weighted by molar-refractivity contribution is 0.199. The van der Waals surface area contributed by atoms with Crippen LogP contribution in [0, 0.1) is 5.82 Å². The van der Waals surface area contributed by atoms with Gasteiger partial charge in [0.25, 0.3) is 0 Å². The Labute approximate surface area is 90.4 Å². The molecule has 0 heterocycles. The lowest BCUT2D eigenvalue weighted by atomic mass is 10.0. The zero-order chi connectivity index (χ0) is 11.1. The van der Waals surface area contributed by atoms with Gasteiger partial charge in [-0.3, -0.25) is 0 Å². The summed E-state index contributed by atoms with van der Waals surface area (Å²) in [4.78, 5) is 0. The molecule has 0 aliphatic carbocycles. The van der Waals surface area contributed by atoms with Gasteiger partial charge in [-0.15, -0.1) is 0 Å². The van der Waals surface area contributed by atoms with Gasteiger partial charge in [0.1, 0.15) is 5.82 Å². The molecule has 0 radical (unpaired) electrons. The van der Waals surface area contributed by atoms with Crippen LogP contribution in [-0.2, 0) is 4.74 Å². The van der Waals surface area contributed by atoms with E-state index in [0.29, 0.717) is 6.61 Å². The SMILES string of the molecule is COCCNCC(C)c1ccccc1F. The lowest BCUT2D eigenvalue weighted by Gasteiger charge is -2.13. The number of nitrogens with one attached hydrogen (secondary N) is 1. The maximum absolute atomic E-state index is 13.4. The minimum absolute atomic E-state index is 0.126. The van der Waals surface area contributed by atoms with Crippen molar-refractivity contribution in [1.29, 1.82) is 0 Å². The number of methoxy groups -OCH3 is 1. The van der Waals surface area contributed by atoms with Gasteiger partial charge >= 0.3 is 0 Å². The van der Waals surface area contributed by atoms with Crippen LogP contribution in [0.4, 0.5) is 4.39 Å². The van der Waals surface area contributed by atoms with Gasteiger partial charge in [0.2, 0.25) is 0 Å². The first-order valence-corrected chi connectivity index (χ1v) is 5.19. The second-order valence-corrected chi connectivity index (χ2v) is 3.62. The maximum atomic E-state index is 13.4. The smallest absolute Gasteiger partial charge is 0.126 e. The van der Waals surface area contributed by atoms with Crippen LogP contribution in [0.3, 0.4) is 0 Å². The van der Waals surface area contributed by atoms with E-state index >= 15 is 0 Å². The molecule has 2 nitrogen and oxygen atoms in total. The molecule has 1 unspecified atom stereocenters. The molecule has 84 valence electrons. The van der Waals surface area contributed by atoms with Crippen LogP contribution in [-0.4, -0.2) is 26.8 Å². The van der Waals surface area contributed by atoms with Crippen LogP contribution in [0.5, 0.6) is 0 Å². The topological polar surface area (TPSA) is 21.3 Å². The molecule has 0 bridgehead atoms. The Hall–Kier alpha value is -0.930. The Kier molecular flexibility index (Phi) is 5.29. The molecule has 0 spiro atoms. The van der Waals surface area contributed by atoms with Crippen molar-refractivity contribution < 1.29 is 9.13 Å². The molecule has 0 aromatic heterocycles. The minimum Gasteiger partial charge on any atom is -0.383 e. The highest BCUT2D eigenvalue weighted by Crippen LogP contribution is 2.17. The first kappa shape index (κ1) is 12.1. The van der Waals surface area contributed by atoms with Crippen molar-refractivity contribution in [3.8, 4) is 0 Å². The summed E-state index contributed by atoms with van der Waals surface area (Å²) in [5, 5.41) is 3.22. The summed E-state index contributed by atoms with van der Waals surface area (Å²) in [5.74, 6) is 0.0570. The van der Waals surface area contributed by atoms with E-state index in [1.807, 2.05) is 19.1 Å². The van der Waals surface area contributed by atoms with Gasteiger partial charge in [-0.05, 0) is 17.5 Å². The summed E-state index contributed by atoms with van der Waals surface area (Å²) in [7, 11) is 1.67. The third kappa shape index (κ3) is 3.98. The van der Waals surface area contributed by atoms with Gasteiger partial charge in [0.05, 0.1) is 6.61 Å². The highest BCUT2D eigenvalue weighted by Gasteiger charge is 2.08. The molecule has 0 aliphatic rings. The van der Waals surface area contributed by atoms with Crippen LogP contribution < -0.4 is 5.32 Å². The summed E-state index contributed by atoms with van der Waals surface area (Å²) >= 11 is 0. The van der Waals surface area contributed by atoms with Crippen molar-refractivity contribution in [3.63, 3.8) is 0 Å². The van der Waals surface area contributed by atoms with E-state index in [2.05, 4.69) is 5.32 Å². The Morgan fingerprint density at radius 1 is 1.40 bits per heavy atom. The van der Waals surface area contributed by atoms with Crippen LogP contribution >= 0.6 is 0 Å². The number of halogens is 1. The Bertz CT molecular complexity index is 291. The molecule has 0 aliphatic heterocycles. The van der Waals surface area contributed by atoms with Gasteiger partial charge < -0.3 is 10.1 Å². The maximum Gasteiger partial charge on any atom is 0.126 e. The first-order valence-electron chi connectivity index (χ1n) is 5.19. The summed E-state index contributed by atoms with van der Waals surface area (Å²) in [6, 6.07) is 6.91. The number of benzene rings is 1. The second kappa shape index (κ2) is 6.53. The average Bonchev–Trinajstić information content (AvgIpc) is 2.25. The van der Waals surface area contributed by atoms with Gasteiger partial charge in [0.15, 0.2) is 0 Å². The summed E-state index contributed by atoms with van der Waals surface area (Å²) in [6.07, 6.45) is 0. The van der Waals surface area contributed by atoms with Crippen LogP contribution in [0.2, 0.25) is 0 Å². The molecule has 0 fully saturated rings. The van der Waals surface area contributed by atoms with Crippen molar-refractivity contribution in [1.82, 2.24) is 5.32 Å². The van der Waals surface area contributed by atoms with Crippen molar-refractivity contribution in [2.45, 2.75) is 12.8 Å². The van der Waals surface area contributed by atoms with E-state index in [9.17, 15) is 4.39 Å². The molecule has 1 atom stereocenters. The molecule has 0 saturated heterocycles. The Balaban J connectivity index is 2.40. The van der Waals surface area contributed by atoms with Crippen LogP contribution in [0.15, 0.2) is 24.3 Å². The molecule has 0 saturated carbocycles. The number of rotatable bonds is 6. The highest BCUT2D eigenvalue weighted by molar-refractivity contribution is 5.21. The molecule has 1 aromatic rings. The van der Waals surface area contributed by atoms with E-state index in [1.165, 1.54) is 6.07 Å². The molecule has 3 heteroatoms. The number of hydrogen-bond donors (Lipinski definition) is 1. The zero-order valence-corrected chi connectivity index (χ0v) is 9.29. The normalized spacial score (nSPS) is 12.7. The van der Waals surface area contributed by atoms with E-state index in [1.54, 1.807) is 13.2 Å². The molecular weight excluding hydrogens is 193 g/mol. The quantitative estimate of drug-likeness (QED) is 0.728. The molecule has 15 heavy (non-hydrogen) atoms. The third-order valence-corrected chi connectivity index (χ3v) is 2.37. The monoisotopic (exact) mass is 211 g/mol. The van der Waals surface area contributed by atoms with Crippen molar-refractivity contribution in [2.24, 2.45) is 0 Å². The third-order valence-electron chi connectivity index (χ3n) is 2.37. The van der Waals surface area contributed by atoms with Gasteiger partial charge in [-0.2, -0.15) is 0 Å². The molecule has 1 aromatic carbocycles. The first-order chi connectivity index (χ1) is 7.25. The summed E-state index contributed by atoms with van der Waals surface area (Å²) < 4.78 is 18.3. The molecule has 1 rings (SSSR count). The van der Waals surface area contributed by atoms with E-state index in [4.69, 9.17) is 4.74 Å². The van der Waals surface area contributed by atoms with E-state index in [0.717, 1.165) is 18.7 Å². The van der Waals surface area contributed by atoms with Gasteiger partial charge in [0, 0.05) is 20.2 Å². The standard InChI is InChI=1S/C12H18FNO/c1-10(9-14-7-8-15-2)11-5-3-4-6-12(11)13/h3-6,10,14H,7-9H2,1-2H3. The number of ether oxygens (including phenoxy) is 1. The van der Waals surface area contributed by atoms with Crippen LogP contribution in [0.1, 0.15) is 18.4 Å². The largest absolute Gasteiger partial charge is 0.383 e. The fourth-order valence-electron chi connectivity index (χ4n) is 1.48. The fraction of sp³-hybridized carbons (Fsp3) is 0.500. The summed E-state index contributed by atoms with van der Waals surface area (Å²) in [6.45, 7) is 4.27. The van der Waals surface area contributed by atoms with E-state index in [-0.39, 0.29) is 11.7 Å². The minimum atomic E-state index is -0.126. The van der Waals surface area contributed by atoms with Crippen LogP contribution in [0.25, 0.3) is 0 Å². The Morgan fingerprint density at radius 2 is 2.13 bits per heavy atom. The van der Waals surface area contributed by atoms with Crippen molar-refractivity contribution in [2.75, 3.05) is 26.8 Å². The molecule has 1 N–H and O–H groups in total. The van der Waals surface area contributed by atoms with E-state index < -0.39 is 0 Å².